The van der Waals surface area contributed by atoms with Crippen molar-refractivity contribution in [3.8, 4) is 0 Å². The zero-order valence-corrected chi connectivity index (χ0v) is 9.24. The van der Waals surface area contributed by atoms with Gasteiger partial charge in [-0.3, -0.25) is 0 Å². The van der Waals surface area contributed by atoms with E-state index in [2.05, 4.69) is 21.0 Å². The SMILES string of the molecule is O=C([O-])c1nn(C(F)F)c2cc(Br)ccc12. The van der Waals surface area contributed by atoms with Crippen LogP contribution in [-0.4, -0.2) is 15.7 Å². The molecule has 0 N–H and O–H groups in total. The Labute approximate surface area is 96.6 Å². The summed E-state index contributed by atoms with van der Waals surface area (Å²) in [5.41, 5.74) is -0.439. The van der Waals surface area contributed by atoms with Crippen LogP contribution in [0.1, 0.15) is 17.0 Å². The topological polar surface area (TPSA) is 57.9 Å². The Morgan fingerprint density at radius 3 is 2.75 bits per heavy atom. The molecule has 0 fully saturated rings. The van der Waals surface area contributed by atoms with Crippen LogP contribution in [0, 0.1) is 0 Å². The molecule has 1 aromatic heterocycles. The Balaban J connectivity index is 2.81. The molecule has 4 nitrogen and oxygen atoms in total. The van der Waals surface area contributed by atoms with E-state index in [0.29, 0.717) is 9.15 Å². The highest BCUT2D eigenvalue weighted by molar-refractivity contribution is 9.10. The minimum Gasteiger partial charge on any atom is -0.543 e. The van der Waals surface area contributed by atoms with Crippen LogP contribution in [-0.2, 0) is 0 Å². The average Bonchev–Trinajstić information content (AvgIpc) is 2.56. The van der Waals surface area contributed by atoms with Crippen molar-refractivity contribution < 1.29 is 18.7 Å². The van der Waals surface area contributed by atoms with Gasteiger partial charge in [-0.1, -0.05) is 15.9 Å². The van der Waals surface area contributed by atoms with Crippen molar-refractivity contribution in [2.75, 3.05) is 0 Å². The van der Waals surface area contributed by atoms with Gasteiger partial charge in [-0.25, -0.2) is 4.68 Å². The maximum atomic E-state index is 12.6. The van der Waals surface area contributed by atoms with Gasteiger partial charge < -0.3 is 9.90 Å². The van der Waals surface area contributed by atoms with E-state index in [1.165, 1.54) is 12.1 Å². The van der Waals surface area contributed by atoms with Gasteiger partial charge in [0, 0.05) is 9.86 Å². The molecule has 0 radical (unpaired) electrons. The number of halogens is 3. The van der Waals surface area contributed by atoms with Gasteiger partial charge in [0.15, 0.2) is 0 Å². The highest BCUT2D eigenvalue weighted by Gasteiger charge is 2.16. The summed E-state index contributed by atoms with van der Waals surface area (Å²) in [4.78, 5) is 10.7. The molecule has 0 bridgehead atoms. The van der Waals surface area contributed by atoms with E-state index < -0.39 is 18.2 Å². The van der Waals surface area contributed by atoms with Gasteiger partial charge in [0.2, 0.25) is 0 Å². The lowest BCUT2D eigenvalue weighted by atomic mass is 10.2. The minimum absolute atomic E-state index is 0.0450. The molecule has 16 heavy (non-hydrogen) atoms. The fourth-order valence-electron chi connectivity index (χ4n) is 1.41. The largest absolute Gasteiger partial charge is 0.543 e. The molecule has 2 rings (SSSR count). The number of hydrogen-bond acceptors (Lipinski definition) is 3. The summed E-state index contributed by atoms with van der Waals surface area (Å²) < 4.78 is 26.1. The van der Waals surface area contributed by atoms with Crippen LogP contribution in [0.15, 0.2) is 22.7 Å². The number of aromatic nitrogens is 2. The second kappa shape index (κ2) is 3.82. The number of carbonyl (C=O) groups is 1. The summed E-state index contributed by atoms with van der Waals surface area (Å²) in [6.07, 6.45) is 0. The van der Waals surface area contributed by atoms with Crippen LogP contribution in [0.5, 0.6) is 0 Å². The van der Waals surface area contributed by atoms with Crippen molar-refractivity contribution in [2.45, 2.75) is 6.55 Å². The lowest BCUT2D eigenvalue weighted by Gasteiger charge is -2.00. The molecule has 0 saturated heterocycles. The van der Waals surface area contributed by atoms with Gasteiger partial charge >= 0.3 is 6.55 Å². The van der Waals surface area contributed by atoms with Crippen molar-refractivity contribution in [1.82, 2.24) is 9.78 Å². The normalized spacial score (nSPS) is 11.2. The Bertz CT molecular complexity index is 568. The van der Waals surface area contributed by atoms with Gasteiger partial charge in [0.05, 0.1) is 11.5 Å². The van der Waals surface area contributed by atoms with Crippen molar-refractivity contribution in [2.24, 2.45) is 0 Å². The fraction of sp³-hybridized carbons (Fsp3) is 0.111. The molecule has 0 aliphatic rings. The number of carboxylic acid groups (broad SMARTS) is 1. The summed E-state index contributed by atoms with van der Waals surface area (Å²) in [5, 5.41) is 14.1. The maximum absolute atomic E-state index is 12.6. The van der Waals surface area contributed by atoms with Crippen molar-refractivity contribution >= 4 is 32.8 Å². The summed E-state index contributed by atoms with van der Waals surface area (Å²) >= 11 is 3.11. The smallest absolute Gasteiger partial charge is 0.333 e. The Morgan fingerprint density at radius 2 is 2.19 bits per heavy atom. The fourth-order valence-corrected chi connectivity index (χ4v) is 1.76. The molecular weight excluding hydrogens is 286 g/mol. The zero-order chi connectivity index (χ0) is 11.9. The standard InChI is InChI=1S/C9H5BrF2N2O2/c10-4-1-2-5-6(3-4)14(9(11)12)13-7(5)8(15)16/h1-3,9H,(H,15,16)/p-1. The number of nitrogens with zero attached hydrogens (tertiary/aromatic N) is 2. The Morgan fingerprint density at radius 1 is 1.50 bits per heavy atom. The van der Waals surface area contributed by atoms with E-state index in [0.717, 1.165) is 0 Å². The average molecular weight is 290 g/mol. The number of hydrogen-bond donors (Lipinski definition) is 0. The molecule has 0 unspecified atom stereocenters. The molecule has 0 atom stereocenters. The van der Waals surface area contributed by atoms with Gasteiger partial charge in [-0.15, -0.1) is 0 Å². The van der Waals surface area contributed by atoms with Crippen LogP contribution in [0.2, 0.25) is 0 Å². The number of carboxylic acids is 1. The lowest BCUT2D eigenvalue weighted by Crippen LogP contribution is -2.23. The number of aromatic carboxylic acids is 1. The number of rotatable bonds is 2. The van der Waals surface area contributed by atoms with Gasteiger partial charge in [-0.2, -0.15) is 13.9 Å². The maximum Gasteiger partial charge on any atom is 0.333 e. The van der Waals surface area contributed by atoms with Crippen LogP contribution in [0.25, 0.3) is 10.9 Å². The van der Waals surface area contributed by atoms with Crippen LogP contribution >= 0.6 is 15.9 Å². The molecule has 1 aromatic carbocycles. The summed E-state index contributed by atoms with van der Waals surface area (Å²) in [6, 6.07) is 4.32. The summed E-state index contributed by atoms with van der Waals surface area (Å²) in [7, 11) is 0. The first kappa shape index (κ1) is 11.0. The molecular formula is C9H4BrF2N2O2-. The Hall–Kier alpha value is -1.50. The highest BCUT2D eigenvalue weighted by Crippen LogP contribution is 2.26. The third-order valence-corrected chi connectivity index (χ3v) is 2.54. The number of fused-ring (bicyclic) bond motifs is 1. The molecule has 84 valence electrons. The zero-order valence-electron chi connectivity index (χ0n) is 7.65. The van der Waals surface area contributed by atoms with E-state index in [1.807, 2.05) is 0 Å². The molecule has 0 spiro atoms. The third-order valence-electron chi connectivity index (χ3n) is 2.05. The van der Waals surface area contributed by atoms with Crippen molar-refractivity contribution in [1.29, 1.82) is 0 Å². The van der Waals surface area contributed by atoms with Crippen molar-refractivity contribution in [3.05, 3.63) is 28.4 Å². The van der Waals surface area contributed by atoms with E-state index in [4.69, 9.17) is 0 Å². The van der Waals surface area contributed by atoms with Crippen LogP contribution in [0.3, 0.4) is 0 Å². The molecule has 2 aromatic rings. The second-order valence-corrected chi connectivity index (χ2v) is 3.94. The van der Waals surface area contributed by atoms with Crippen LogP contribution in [0.4, 0.5) is 8.78 Å². The number of carbonyl (C=O) groups excluding carboxylic acids is 1. The predicted molar refractivity (Wildman–Crippen MR) is 53.0 cm³/mol. The van der Waals surface area contributed by atoms with Crippen molar-refractivity contribution in [3.63, 3.8) is 0 Å². The predicted octanol–water partition coefficient (Wildman–Crippen LogP) is 1.56. The van der Waals surface area contributed by atoms with E-state index in [1.54, 1.807) is 6.07 Å². The summed E-state index contributed by atoms with van der Waals surface area (Å²) in [5.74, 6) is -1.58. The molecule has 1 heterocycles. The summed E-state index contributed by atoms with van der Waals surface area (Å²) in [6.45, 7) is -2.90. The molecule has 0 aliphatic carbocycles. The minimum atomic E-state index is -2.90. The molecule has 7 heteroatoms. The number of benzene rings is 1. The second-order valence-electron chi connectivity index (χ2n) is 3.02. The Kier molecular flexibility index (Phi) is 2.63. The number of alkyl halides is 2. The van der Waals surface area contributed by atoms with Crippen LogP contribution < -0.4 is 5.11 Å². The molecule has 0 aliphatic heterocycles. The first-order valence-electron chi connectivity index (χ1n) is 4.18. The van der Waals surface area contributed by atoms with Gasteiger partial charge in [0.25, 0.3) is 0 Å². The molecule has 0 amide bonds. The van der Waals surface area contributed by atoms with Gasteiger partial charge in [-0.05, 0) is 18.2 Å². The van der Waals surface area contributed by atoms with Gasteiger partial charge in [0.1, 0.15) is 5.69 Å². The van der Waals surface area contributed by atoms with E-state index in [-0.39, 0.29) is 10.9 Å². The van der Waals surface area contributed by atoms with E-state index in [9.17, 15) is 18.7 Å². The third kappa shape index (κ3) is 1.67. The van der Waals surface area contributed by atoms with E-state index >= 15 is 0 Å². The highest BCUT2D eigenvalue weighted by atomic mass is 79.9. The quantitative estimate of drug-likeness (QED) is 0.843. The monoisotopic (exact) mass is 289 g/mol. The first-order valence-corrected chi connectivity index (χ1v) is 4.97. The molecule has 0 saturated carbocycles. The first-order chi connectivity index (χ1) is 7.50. The lowest BCUT2D eigenvalue weighted by molar-refractivity contribution is -0.255.